The molecule has 0 unspecified atom stereocenters. The predicted molar refractivity (Wildman–Crippen MR) is 96.5 cm³/mol. The standard InChI is InChI=1S/C20H23N3O2/c1-15(16-9-5-3-6-10-16)21-18(24)13-23-14-19(25)22(2)20(23)17-11-7-4-8-12-17/h3-12,15,20H,13-14H2,1-2H3,(H,21,24)/t15-,20-/m0/s1. The van der Waals surface area contributed by atoms with E-state index in [4.69, 9.17) is 0 Å². The Labute approximate surface area is 148 Å². The molecule has 5 nitrogen and oxygen atoms in total. The molecule has 0 radical (unpaired) electrons. The zero-order valence-corrected chi connectivity index (χ0v) is 14.6. The zero-order valence-electron chi connectivity index (χ0n) is 14.6. The number of hydrogen-bond donors (Lipinski definition) is 1. The summed E-state index contributed by atoms with van der Waals surface area (Å²) in [6, 6.07) is 19.6. The van der Waals surface area contributed by atoms with Gasteiger partial charge < -0.3 is 10.2 Å². The number of rotatable bonds is 5. The Hall–Kier alpha value is -2.66. The maximum absolute atomic E-state index is 12.5. The summed E-state index contributed by atoms with van der Waals surface area (Å²) in [6.07, 6.45) is -0.202. The third-order valence-corrected chi connectivity index (χ3v) is 4.57. The van der Waals surface area contributed by atoms with Crippen molar-refractivity contribution in [3.05, 3.63) is 71.8 Å². The van der Waals surface area contributed by atoms with Crippen LogP contribution in [0.25, 0.3) is 0 Å². The average molecular weight is 337 g/mol. The summed E-state index contributed by atoms with van der Waals surface area (Å²) in [5, 5.41) is 3.01. The highest BCUT2D eigenvalue weighted by atomic mass is 16.2. The lowest BCUT2D eigenvalue weighted by atomic mass is 10.1. The average Bonchev–Trinajstić information content (AvgIpc) is 2.90. The van der Waals surface area contributed by atoms with Crippen molar-refractivity contribution < 1.29 is 9.59 Å². The van der Waals surface area contributed by atoms with Gasteiger partial charge in [0.25, 0.3) is 0 Å². The summed E-state index contributed by atoms with van der Waals surface area (Å²) in [5.41, 5.74) is 2.07. The molecule has 2 aromatic rings. The van der Waals surface area contributed by atoms with E-state index in [1.807, 2.05) is 72.5 Å². The Kier molecular flexibility index (Phi) is 5.14. The molecule has 2 atom stereocenters. The zero-order chi connectivity index (χ0) is 17.8. The van der Waals surface area contributed by atoms with Crippen molar-refractivity contribution in [3.63, 3.8) is 0 Å². The summed E-state index contributed by atoms with van der Waals surface area (Å²) >= 11 is 0. The van der Waals surface area contributed by atoms with Crippen LogP contribution in [-0.2, 0) is 9.59 Å². The molecular formula is C20H23N3O2. The highest BCUT2D eigenvalue weighted by Gasteiger charge is 2.37. The third-order valence-electron chi connectivity index (χ3n) is 4.57. The van der Waals surface area contributed by atoms with Gasteiger partial charge in [-0.1, -0.05) is 60.7 Å². The second-order valence-electron chi connectivity index (χ2n) is 6.39. The van der Waals surface area contributed by atoms with Gasteiger partial charge in [-0.15, -0.1) is 0 Å². The van der Waals surface area contributed by atoms with E-state index in [0.717, 1.165) is 11.1 Å². The first-order valence-electron chi connectivity index (χ1n) is 8.45. The van der Waals surface area contributed by atoms with Crippen molar-refractivity contribution in [2.75, 3.05) is 20.1 Å². The van der Waals surface area contributed by atoms with Crippen LogP contribution < -0.4 is 5.32 Å². The van der Waals surface area contributed by atoms with Crippen LogP contribution in [0.5, 0.6) is 0 Å². The summed E-state index contributed by atoms with van der Waals surface area (Å²) in [5.74, 6) is -0.0573. The SMILES string of the molecule is C[C@H](NC(=O)CN1CC(=O)N(C)[C@@H]1c1ccccc1)c1ccccc1. The highest BCUT2D eigenvalue weighted by molar-refractivity contribution is 5.83. The second kappa shape index (κ2) is 7.49. The Morgan fingerprint density at radius 2 is 1.72 bits per heavy atom. The largest absolute Gasteiger partial charge is 0.348 e. The van der Waals surface area contributed by atoms with Gasteiger partial charge in [-0.05, 0) is 18.1 Å². The van der Waals surface area contributed by atoms with E-state index in [0.29, 0.717) is 0 Å². The number of likely N-dealkylation sites (N-methyl/N-ethyl adjacent to an activating group) is 1. The molecule has 1 heterocycles. The summed E-state index contributed by atoms with van der Waals surface area (Å²) in [4.78, 5) is 28.2. The van der Waals surface area contributed by atoms with E-state index in [1.165, 1.54) is 0 Å². The van der Waals surface area contributed by atoms with Gasteiger partial charge in [-0.2, -0.15) is 0 Å². The van der Waals surface area contributed by atoms with Crippen LogP contribution in [-0.4, -0.2) is 41.8 Å². The lowest BCUT2D eigenvalue weighted by Gasteiger charge is -2.28. The molecule has 1 aliphatic heterocycles. The van der Waals surface area contributed by atoms with Gasteiger partial charge in [0.05, 0.1) is 19.1 Å². The monoisotopic (exact) mass is 337 g/mol. The molecule has 1 aliphatic rings. The molecule has 2 aromatic carbocycles. The van der Waals surface area contributed by atoms with E-state index in [-0.39, 0.29) is 37.1 Å². The van der Waals surface area contributed by atoms with Crippen LogP contribution in [0.2, 0.25) is 0 Å². The molecule has 0 spiro atoms. The van der Waals surface area contributed by atoms with Gasteiger partial charge in [-0.25, -0.2) is 0 Å². The smallest absolute Gasteiger partial charge is 0.238 e. The van der Waals surface area contributed by atoms with Crippen molar-refractivity contribution in [1.29, 1.82) is 0 Å². The predicted octanol–water partition coefficient (Wildman–Crippen LogP) is 2.34. The van der Waals surface area contributed by atoms with Gasteiger partial charge in [0.15, 0.2) is 0 Å². The molecule has 3 rings (SSSR count). The first kappa shape index (κ1) is 17.2. The Balaban J connectivity index is 1.68. The lowest BCUT2D eigenvalue weighted by Crippen LogP contribution is -2.39. The number of hydrogen-bond acceptors (Lipinski definition) is 3. The number of nitrogens with zero attached hydrogens (tertiary/aromatic N) is 2. The molecule has 0 bridgehead atoms. The maximum atomic E-state index is 12.5. The van der Waals surface area contributed by atoms with Crippen LogP contribution in [0.3, 0.4) is 0 Å². The number of nitrogens with one attached hydrogen (secondary N) is 1. The fraction of sp³-hybridized carbons (Fsp3) is 0.300. The van der Waals surface area contributed by atoms with Crippen LogP contribution in [0.1, 0.15) is 30.3 Å². The number of benzene rings is 2. The minimum absolute atomic E-state index is 0.0257. The molecule has 130 valence electrons. The van der Waals surface area contributed by atoms with Crippen LogP contribution in [0.15, 0.2) is 60.7 Å². The van der Waals surface area contributed by atoms with Gasteiger partial charge in [0, 0.05) is 7.05 Å². The molecule has 25 heavy (non-hydrogen) atoms. The summed E-state index contributed by atoms with van der Waals surface area (Å²) < 4.78 is 0. The molecule has 0 saturated carbocycles. The number of carbonyl (C=O) groups is 2. The molecule has 1 N–H and O–H groups in total. The van der Waals surface area contributed by atoms with E-state index in [2.05, 4.69) is 5.32 Å². The van der Waals surface area contributed by atoms with Crippen LogP contribution >= 0.6 is 0 Å². The second-order valence-corrected chi connectivity index (χ2v) is 6.39. The van der Waals surface area contributed by atoms with Gasteiger partial charge >= 0.3 is 0 Å². The number of amides is 2. The Bertz CT molecular complexity index is 733. The summed E-state index contributed by atoms with van der Waals surface area (Å²) in [6.45, 7) is 2.40. The fourth-order valence-electron chi connectivity index (χ4n) is 3.25. The van der Waals surface area contributed by atoms with Gasteiger partial charge in [0.1, 0.15) is 6.17 Å². The molecule has 0 aromatic heterocycles. The van der Waals surface area contributed by atoms with Crippen molar-refractivity contribution in [1.82, 2.24) is 15.1 Å². The lowest BCUT2D eigenvalue weighted by molar-refractivity contribution is -0.126. The van der Waals surface area contributed by atoms with Crippen LogP contribution in [0, 0.1) is 0 Å². The minimum atomic E-state index is -0.202. The molecule has 1 saturated heterocycles. The maximum Gasteiger partial charge on any atom is 0.238 e. The summed E-state index contributed by atoms with van der Waals surface area (Å²) in [7, 11) is 1.78. The first-order valence-corrected chi connectivity index (χ1v) is 8.45. The minimum Gasteiger partial charge on any atom is -0.348 e. The van der Waals surface area contributed by atoms with Crippen molar-refractivity contribution in [3.8, 4) is 0 Å². The third kappa shape index (κ3) is 3.88. The highest BCUT2D eigenvalue weighted by Crippen LogP contribution is 2.28. The Morgan fingerprint density at radius 1 is 1.12 bits per heavy atom. The Morgan fingerprint density at radius 3 is 2.36 bits per heavy atom. The van der Waals surface area contributed by atoms with E-state index in [1.54, 1.807) is 11.9 Å². The van der Waals surface area contributed by atoms with Gasteiger partial charge in [-0.3, -0.25) is 14.5 Å². The van der Waals surface area contributed by atoms with Crippen LogP contribution in [0.4, 0.5) is 0 Å². The van der Waals surface area contributed by atoms with E-state index in [9.17, 15) is 9.59 Å². The molecule has 5 heteroatoms. The van der Waals surface area contributed by atoms with Gasteiger partial charge in [0.2, 0.25) is 11.8 Å². The topological polar surface area (TPSA) is 52.7 Å². The van der Waals surface area contributed by atoms with Crippen molar-refractivity contribution >= 4 is 11.8 Å². The van der Waals surface area contributed by atoms with Crippen molar-refractivity contribution in [2.45, 2.75) is 19.1 Å². The molecule has 1 fully saturated rings. The first-order chi connectivity index (χ1) is 12.1. The molecule has 0 aliphatic carbocycles. The molecular weight excluding hydrogens is 314 g/mol. The number of carbonyl (C=O) groups excluding carboxylic acids is 2. The molecule has 2 amide bonds. The van der Waals surface area contributed by atoms with E-state index >= 15 is 0 Å². The van der Waals surface area contributed by atoms with Crippen molar-refractivity contribution in [2.24, 2.45) is 0 Å². The quantitative estimate of drug-likeness (QED) is 0.911. The van der Waals surface area contributed by atoms with E-state index < -0.39 is 0 Å². The normalized spacial score (nSPS) is 19.0. The fourth-order valence-corrected chi connectivity index (χ4v) is 3.25.